The number of carbonyl (C=O) groups is 1. The molecule has 0 aromatic heterocycles. The van der Waals surface area contributed by atoms with E-state index in [1.54, 1.807) is 0 Å². The van der Waals surface area contributed by atoms with Gasteiger partial charge in [-0.3, -0.25) is 4.79 Å². The first-order valence-electron chi connectivity index (χ1n) is 6.88. The van der Waals surface area contributed by atoms with Gasteiger partial charge in [0.2, 0.25) is 0 Å². The first-order chi connectivity index (χ1) is 8.86. The lowest BCUT2D eigenvalue weighted by atomic mass is 9.96. The van der Waals surface area contributed by atoms with Gasteiger partial charge in [-0.25, -0.2) is 0 Å². The molecule has 90 valence electrons. The Morgan fingerprint density at radius 3 is 2.50 bits per heavy atom. The van der Waals surface area contributed by atoms with Gasteiger partial charge in [0, 0.05) is 11.5 Å². The summed E-state index contributed by atoms with van der Waals surface area (Å²) in [6.45, 7) is 0. The fourth-order valence-corrected chi connectivity index (χ4v) is 3.83. The van der Waals surface area contributed by atoms with Gasteiger partial charge in [0.05, 0.1) is 0 Å². The standard InChI is InChI=1S/C17H16O/c18-17(16-13-8-4-9-14(13)16)15-10-3-6-11-5-1-2-7-12(11)15/h1-3,5-7,10,13-14,16H,4,8-9H2. The number of ketones is 1. The second-order valence-electron chi connectivity index (χ2n) is 5.68. The third-order valence-electron chi connectivity index (χ3n) is 4.76. The summed E-state index contributed by atoms with van der Waals surface area (Å²) in [6, 6.07) is 14.3. The maximum atomic E-state index is 12.6. The number of carbonyl (C=O) groups excluding carboxylic acids is 1. The second-order valence-corrected chi connectivity index (χ2v) is 5.68. The van der Waals surface area contributed by atoms with Crippen LogP contribution in [-0.4, -0.2) is 5.78 Å². The van der Waals surface area contributed by atoms with Crippen LogP contribution in [0.25, 0.3) is 10.8 Å². The van der Waals surface area contributed by atoms with Crippen LogP contribution in [0.3, 0.4) is 0 Å². The maximum Gasteiger partial charge on any atom is 0.167 e. The van der Waals surface area contributed by atoms with Gasteiger partial charge >= 0.3 is 0 Å². The van der Waals surface area contributed by atoms with Gasteiger partial charge in [0.25, 0.3) is 0 Å². The van der Waals surface area contributed by atoms with E-state index in [2.05, 4.69) is 18.2 Å². The molecule has 2 fully saturated rings. The van der Waals surface area contributed by atoms with Gasteiger partial charge < -0.3 is 0 Å². The molecule has 0 heterocycles. The Kier molecular flexibility index (Phi) is 2.11. The highest BCUT2D eigenvalue weighted by Gasteiger charge is 2.56. The lowest BCUT2D eigenvalue weighted by Crippen LogP contribution is -2.06. The van der Waals surface area contributed by atoms with Crippen LogP contribution in [0.2, 0.25) is 0 Å². The van der Waals surface area contributed by atoms with Crippen LogP contribution in [0.5, 0.6) is 0 Å². The Hall–Kier alpha value is -1.63. The summed E-state index contributed by atoms with van der Waals surface area (Å²) >= 11 is 0. The van der Waals surface area contributed by atoms with Crippen LogP contribution in [0.1, 0.15) is 29.6 Å². The fourth-order valence-electron chi connectivity index (χ4n) is 3.83. The molecule has 2 aromatic rings. The third-order valence-corrected chi connectivity index (χ3v) is 4.76. The maximum absolute atomic E-state index is 12.6. The molecule has 0 aliphatic heterocycles. The Balaban J connectivity index is 1.76. The monoisotopic (exact) mass is 236 g/mol. The minimum atomic E-state index is 0.338. The van der Waals surface area contributed by atoms with Crippen LogP contribution in [0.15, 0.2) is 42.5 Å². The Bertz CT molecular complexity index is 613. The quantitative estimate of drug-likeness (QED) is 0.718. The fraction of sp³-hybridized carbons (Fsp3) is 0.353. The van der Waals surface area contributed by atoms with Crippen molar-refractivity contribution in [2.75, 3.05) is 0 Å². The molecule has 18 heavy (non-hydrogen) atoms. The van der Waals surface area contributed by atoms with Crippen molar-refractivity contribution in [3.8, 4) is 0 Å². The van der Waals surface area contributed by atoms with Crippen LogP contribution < -0.4 is 0 Å². The lowest BCUT2D eigenvalue weighted by Gasteiger charge is -2.07. The summed E-state index contributed by atoms with van der Waals surface area (Å²) in [7, 11) is 0. The number of Topliss-reactive ketones (excluding diaryl/α,β-unsaturated/α-hetero) is 1. The average molecular weight is 236 g/mol. The average Bonchev–Trinajstić information content (AvgIpc) is 2.90. The summed E-state index contributed by atoms with van der Waals surface area (Å²) < 4.78 is 0. The molecule has 2 unspecified atom stereocenters. The zero-order chi connectivity index (χ0) is 12.1. The topological polar surface area (TPSA) is 17.1 Å². The molecule has 4 rings (SSSR count). The SMILES string of the molecule is O=C(c1cccc2ccccc12)C1C2CCCC21. The Morgan fingerprint density at radius 2 is 1.67 bits per heavy atom. The molecular formula is C17H16O. The van der Waals surface area contributed by atoms with Gasteiger partial charge in [-0.2, -0.15) is 0 Å². The molecule has 2 aliphatic rings. The highest BCUT2D eigenvalue weighted by Crippen LogP contribution is 2.58. The van der Waals surface area contributed by atoms with E-state index in [1.165, 1.54) is 24.6 Å². The largest absolute Gasteiger partial charge is 0.294 e. The number of fused-ring (bicyclic) bond motifs is 2. The molecule has 0 amide bonds. The summed E-state index contributed by atoms with van der Waals surface area (Å²) in [4.78, 5) is 12.6. The normalized spacial score (nSPS) is 29.2. The first-order valence-corrected chi connectivity index (χ1v) is 6.88. The molecule has 2 aliphatic carbocycles. The first kappa shape index (κ1) is 10.3. The lowest BCUT2D eigenvalue weighted by molar-refractivity contribution is 0.0953. The van der Waals surface area contributed by atoms with Gasteiger partial charge in [-0.1, -0.05) is 48.9 Å². The zero-order valence-corrected chi connectivity index (χ0v) is 10.3. The Labute approximate surface area is 107 Å². The van der Waals surface area contributed by atoms with Crippen molar-refractivity contribution >= 4 is 16.6 Å². The highest BCUT2D eigenvalue weighted by molar-refractivity contribution is 6.10. The van der Waals surface area contributed by atoms with Crippen molar-refractivity contribution in [1.82, 2.24) is 0 Å². The van der Waals surface area contributed by atoms with E-state index in [0.717, 1.165) is 10.9 Å². The van der Waals surface area contributed by atoms with Crippen molar-refractivity contribution in [2.24, 2.45) is 17.8 Å². The minimum Gasteiger partial charge on any atom is -0.294 e. The number of benzene rings is 2. The molecule has 2 atom stereocenters. The van der Waals surface area contributed by atoms with Gasteiger partial charge in [-0.05, 0) is 35.4 Å². The highest BCUT2D eigenvalue weighted by atomic mass is 16.1. The van der Waals surface area contributed by atoms with Crippen LogP contribution in [-0.2, 0) is 0 Å². The van der Waals surface area contributed by atoms with Crippen molar-refractivity contribution in [2.45, 2.75) is 19.3 Å². The predicted octanol–water partition coefficient (Wildman–Crippen LogP) is 4.07. The number of rotatable bonds is 2. The van der Waals surface area contributed by atoms with E-state index in [0.29, 0.717) is 23.5 Å². The van der Waals surface area contributed by atoms with E-state index in [9.17, 15) is 4.79 Å². The molecule has 1 heteroatoms. The molecule has 0 spiro atoms. The smallest absolute Gasteiger partial charge is 0.167 e. The zero-order valence-electron chi connectivity index (χ0n) is 10.3. The molecular weight excluding hydrogens is 220 g/mol. The van der Waals surface area contributed by atoms with E-state index >= 15 is 0 Å². The molecule has 0 saturated heterocycles. The van der Waals surface area contributed by atoms with E-state index < -0.39 is 0 Å². The van der Waals surface area contributed by atoms with Gasteiger partial charge in [0.1, 0.15) is 0 Å². The van der Waals surface area contributed by atoms with Crippen LogP contribution >= 0.6 is 0 Å². The molecule has 0 bridgehead atoms. The van der Waals surface area contributed by atoms with Crippen molar-refractivity contribution in [3.63, 3.8) is 0 Å². The van der Waals surface area contributed by atoms with Crippen LogP contribution in [0.4, 0.5) is 0 Å². The van der Waals surface area contributed by atoms with Crippen molar-refractivity contribution in [3.05, 3.63) is 48.0 Å². The molecule has 1 nitrogen and oxygen atoms in total. The third kappa shape index (κ3) is 1.37. The molecule has 0 N–H and O–H groups in total. The molecule has 2 aromatic carbocycles. The summed E-state index contributed by atoms with van der Waals surface area (Å²) in [6.07, 6.45) is 3.87. The summed E-state index contributed by atoms with van der Waals surface area (Å²) in [5, 5.41) is 2.30. The summed E-state index contributed by atoms with van der Waals surface area (Å²) in [5.74, 6) is 2.14. The van der Waals surface area contributed by atoms with Crippen molar-refractivity contribution in [1.29, 1.82) is 0 Å². The van der Waals surface area contributed by atoms with Gasteiger partial charge in [-0.15, -0.1) is 0 Å². The van der Waals surface area contributed by atoms with Gasteiger partial charge in [0.15, 0.2) is 5.78 Å². The Morgan fingerprint density at radius 1 is 0.944 bits per heavy atom. The molecule has 2 saturated carbocycles. The van der Waals surface area contributed by atoms with Crippen LogP contribution in [0, 0.1) is 17.8 Å². The van der Waals surface area contributed by atoms with E-state index in [4.69, 9.17) is 0 Å². The second kappa shape index (κ2) is 3.68. The summed E-state index contributed by atoms with van der Waals surface area (Å²) in [5.41, 5.74) is 0.938. The number of hydrogen-bond donors (Lipinski definition) is 0. The molecule has 0 radical (unpaired) electrons. The van der Waals surface area contributed by atoms with E-state index in [1.807, 2.05) is 24.3 Å². The minimum absolute atomic E-state index is 0.338. The van der Waals surface area contributed by atoms with Crippen molar-refractivity contribution < 1.29 is 4.79 Å². The number of hydrogen-bond acceptors (Lipinski definition) is 1. The van der Waals surface area contributed by atoms with E-state index in [-0.39, 0.29) is 0 Å². The predicted molar refractivity (Wildman–Crippen MR) is 72.6 cm³/mol.